The van der Waals surface area contributed by atoms with Crippen LogP contribution in [0.1, 0.15) is 36.7 Å². The van der Waals surface area contributed by atoms with Crippen molar-refractivity contribution in [1.29, 1.82) is 0 Å². The van der Waals surface area contributed by atoms with Gasteiger partial charge >= 0.3 is 5.97 Å². The van der Waals surface area contributed by atoms with Gasteiger partial charge in [-0.3, -0.25) is 4.79 Å². The van der Waals surface area contributed by atoms with E-state index in [0.717, 1.165) is 24.5 Å². The minimum Gasteiger partial charge on any atom is -0.469 e. The van der Waals surface area contributed by atoms with Crippen molar-refractivity contribution in [3.05, 3.63) is 16.7 Å². The third kappa shape index (κ3) is 1.84. The maximum absolute atomic E-state index is 11.5. The molecule has 1 unspecified atom stereocenters. The molecule has 2 aliphatic rings. The molecule has 5 heteroatoms. The van der Waals surface area contributed by atoms with Crippen LogP contribution in [-0.4, -0.2) is 22.6 Å². The van der Waals surface area contributed by atoms with Crippen LogP contribution in [0, 0.1) is 5.92 Å². The van der Waals surface area contributed by atoms with Gasteiger partial charge in [-0.1, -0.05) is 11.6 Å². The highest BCUT2D eigenvalue weighted by Crippen LogP contribution is 2.42. The van der Waals surface area contributed by atoms with Crippen molar-refractivity contribution in [2.24, 2.45) is 5.92 Å². The number of carbonyl (C=O) groups is 1. The molecule has 1 aliphatic heterocycles. The van der Waals surface area contributed by atoms with Gasteiger partial charge in [0.2, 0.25) is 0 Å². The molecule has 0 amide bonds. The van der Waals surface area contributed by atoms with Crippen molar-refractivity contribution in [2.45, 2.75) is 38.1 Å². The summed E-state index contributed by atoms with van der Waals surface area (Å²) in [6.45, 7) is 0.834. The molecule has 1 atom stereocenters. The van der Waals surface area contributed by atoms with Gasteiger partial charge in [0.25, 0.3) is 0 Å². The predicted octanol–water partition coefficient (Wildman–Crippen LogP) is 2.15. The van der Waals surface area contributed by atoms with Crippen LogP contribution in [-0.2, 0) is 22.5 Å². The zero-order valence-corrected chi connectivity index (χ0v) is 10.5. The van der Waals surface area contributed by atoms with Crippen molar-refractivity contribution >= 4 is 17.6 Å². The fraction of sp³-hybridized carbons (Fsp3) is 0.667. The Labute approximate surface area is 105 Å². The molecule has 0 spiro atoms. The number of ether oxygens (including phenoxy) is 1. The number of carbonyl (C=O) groups excluding carboxylic acids is 1. The zero-order valence-electron chi connectivity index (χ0n) is 9.78. The van der Waals surface area contributed by atoms with Gasteiger partial charge in [0.05, 0.1) is 18.7 Å². The van der Waals surface area contributed by atoms with Crippen LogP contribution in [0.5, 0.6) is 0 Å². The lowest BCUT2D eigenvalue weighted by Gasteiger charge is -2.23. The van der Waals surface area contributed by atoms with Crippen molar-refractivity contribution in [1.82, 2.24) is 9.55 Å². The summed E-state index contributed by atoms with van der Waals surface area (Å²) in [5.74, 6) is 1.51. The second kappa shape index (κ2) is 4.02. The average Bonchev–Trinajstić information content (AvgIpc) is 3.14. The Morgan fingerprint density at radius 3 is 2.88 bits per heavy atom. The first-order valence-corrected chi connectivity index (χ1v) is 6.41. The van der Waals surface area contributed by atoms with E-state index in [9.17, 15) is 4.79 Å². The SMILES string of the molecule is COC(=O)C1CCn2c(C3CC3)nc(Cl)c2C1. The average molecular weight is 255 g/mol. The quantitative estimate of drug-likeness (QED) is 0.760. The van der Waals surface area contributed by atoms with Crippen LogP contribution in [0.2, 0.25) is 5.15 Å². The molecular formula is C12H15ClN2O2. The number of nitrogens with zero attached hydrogens (tertiary/aromatic N) is 2. The second-order valence-electron chi connectivity index (χ2n) is 4.85. The predicted molar refractivity (Wildman–Crippen MR) is 63.0 cm³/mol. The lowest BCUT2D eigenvalue weighted by atomic mass is 9.96. The molecule has 4 nitrogen and oxygen atoms in total. The molecule has 1 fully saturated rings. The molecule has 1 aromatic heterocycles. The Hall–Kier alpha value is -1.03. The Kier molecular flexibility index (Phi) is 2.62. The maximum atomic E-state index is 11.5. The molecular weight excluding hydrogens is 240 g/mol. The molecule has 0 saturated heterocycles. The Morgan fingerprint density at radius 1 is 1.47 bits per heavy atom. The summed E-state index contributed by atoms with van der Waals surface area (Å²) in [4.78, 5) is 16.0. The molecule has 2 heterocycles. The van der Waals surface area contributed by atoms with Crippen LogP contribution < -0.4 is 0 Å². The second-order valence-corrected chi connectivity index (χ2v) is 5.20. The van der Waals surface area contributed by atoms with Crippen LogP contribution in [0.4, 0.5) is 0 Å². The summed E-state index contributed by atoms with van der Waals surface area (Å²) >= 11 is 6.16. The zero-order chi connectivity index (χ0) is 12.0. The Morgan fingerprint density at radius 2 is 2.24 bits per heavy atom. The topological polar surface area (TPSA) is 44.1 Å². The minimum atomic E-state index is -0.138. The molecule has 1 saturated carbocycles. The molecule has 92 valence electrons. The number of esters is 1. The summed E-state index contributed by atoms with van der Waals surface area (Å²) in [5.41, 5.74) is 1.01. The third-order valence-corrected chi connectivity index (χ3v) is 3.97. The number of hydrogen-bond acceptors (Lipinski definition) is 3. The minimum absolute atomic E-state index is 0.0613. The van der Waals surface area contributed by atoms with Crippen LogP contribution >= 0.6 is 11.6 Å². The van der Waals surface area contributed by atoms with E-state index >= 15 is 0 Å². The van der Waals surface area contributed by atoms with Gasteiger partial charge in [-0.2, -0.15) is 0 Å². The molecule has 0 aromatic carbocycles. The van der Waals surface area contributed by atoms with Crippen molar-refractivity contribution in [3.63, 3.8) is 0 Å². The normalized spacial score (nSPS) is 23.3. The largest absolute Gasteiger partial charge is 0.469 e. The molecule has 1 aromatic rings. The van der Waals surface area contributed by atoms with Gasteiger partial charge < -0.3 is 9.30 Å². The number of halogens is 1. The van der Waals surface area contributed by atoms with E-state index in [2.05, 4.69) is 9.55 Å². The highest BCUT2D eigenvalue weighted by Gasteiger charge is 2.35. The number of fused-ring (bicyclic) bond motifs is 1. The van der Waals surface area contributed by atoms with E-state index in [1.807, 2.05) is 0 Å². The Balaban J connectivity index is 1.89. The highest BCUT2D eigenvalue weighted by atomic mass is 35.5. The molecule has 3 rings (SSSR count). The standard InChI is InChI=1S/C12H15ClN2O2/c1-17-12(16)8-4-5-15-9(6-8)10(13)14-11(15)7-2-3-7/h7-8H,2-6H2,1H3. The third-order valence-electron chi connectivity index (χ3n) is 3.67. The summed E-state index contributed by atoms with van der Waals surface area (Å²) in [5, 5.41) is 0.570. The summed E-state index contributed by atoms with van der Waals surface area (Å²) in [7, 11) is 1.44. The first kappa shape index (κ1) is 11.1. The first-order valence-electron chi connectivity index (χ1n) is 6.03. The molecule has 0 N–H and O–H groups in total. The van der Waals surface area contributed by atoms with Gasteiger partial charge in [0.1, 0.15) is 5.82 Å². The summed E-state index contributed by atoms with van der Waals surface area (Å²) < 4.78 is 7.01. The smallest absolute Gasteiger partial charge is 0.309 e. The van der Waals surface area contributed by atoms with Gasteiger partial charge in [0.15, 0.2) is 5.15 Å². The first-order chi connectivity index (χ1) is 8.20. The van der Waals surface area contributed by atoms with Crippen molar-refractivity contribution < 1.29 is 9.53 Å². The fourth-order valence-electron chi connectivity index (χ4n) is 2.56. The van der Waals surface area contributed by atoms with Crippen LogP contribution in [0.15, 0.2) is 0 Å². The van der Waals surface area contributed by atoms with Gasteiger partial charge in [-0.25, -0.2) is 4.98 Å². The number of hydrogen-bond donors (Lipinski definition) is 0. The number of methoxy groups -OCH3 is 1. The van der Waals surface area contributed by atoms with E-state index in [1.54, 1.807) is 0 Å². The number of aromatic nitrogens is 2. The van der Waals surface area contributed by atoms with Crippen LogP contribution in [0.3, 0.4) is 0 Å². The van der Waals surface area contributed by atoms with E-state index in [1.165, 1.54) is 20.0 Å². The Bertz CT molecular complexity index is 465. The summed E-state index contributed by atoms with van der Waals surface area (Å²) in [6.07, 6.45) is 3.91. The van der Waals surface area contributed by atoms with Crippen molar-refractivity contribution in [2.75, 3.05) is 7.11 Å². The van der Waals surface area contributed by atoms with E-state index < -0.39 is 0 Å². The van der Waals surface area contributed by atoms with Crippen LogP contribution in [0.25, 0.3) is 0 Å². The molecule has 0 radical (unpaired) electrons. The highest BCUT2D eigenvalue weighted by molar-refractivity contribution is 6.30. The van der Waals surface area contributed by atoms with Gasteiger partial charge in [0, 0.05) is 18.9 Å². The fourth-order valence-corrected chi connectivity index (χ4v) is 2.83. The summed E-state index contributed by atoms with van der Waals surface area (Å²) in [6, 6.07) is 0. The van der Waals surface area contributed by atoms with E-state index in [4.69, 9.17) is 16.3 Å². The lowest BCUT2D eigenvalue weighted by Crippen LogP contribution is -2.27. The van der Waals surface area contributed by atoms with Gasteiger partial charge in [-0.15, -0.1) is 0 Å². The molecule has 0 bridgehead atoms. The lowest BCUT2D eigenvalue weighted by molar-refractivity contribution is -0.146. The molecule has 1 aliphatic carbocycles. The van der Waals surface area contributed by atoms with E-state index in [0.29, 0.717) is 17.5 Å². The number of imidazole rings is 1. The van der Waals surface area contributed by atoms with Gasteiger partial charge in [-0.05, 0) is 19.3 Å². The van der Waals surface area contributed by atoms with Crippen molar-refractivity contribution in [3.8, 4) is 0 Å². The monoisotopic (exact) mass is 254 g/mol. The number of rotatable bonds is 2. The van der Waals surface area contributed by atoms with E-state index in [-0.39, 0.29) is 11.9 Å². The molecule has 17 heavy (non-hydrogen) atoms. The maximum Gasteiger partial charge on any atom is 0.309 e.